The molecule has 5 heteroatoms. The van der Waals surface area contributed by atoms with Crippen LogP contribution in [0.25, 0.3) is 0 Å². The smallest absolute Gasteiger partial charge is 0.277 e. The van der Waals surface area contributed by atoms with Crippen LogP contribution in [0.4, 0.5) is 0 Å². The first-order valence-corrected chi connectivity index (χ1v) is 9.20. The van der Waals surface area contributed by atoms with E-state index in [2.05, 4.69) is 6.92 Å². The van der Waals surface area contributed by atoms with Crippen LogP contribution in [0.1, 0.15) is 64.7 Å². The average Bonchev–Trinajstić information content (AvgIpc) is 2.24. The van der Waals surface area contributed by atoms with Crippen molar-refractivity contribution in [3.63, 3.8) is 0 Å². The van der Waals surface area contributed by atoms with Crippen LogP contribution in [0.3, 0.4) is 0 Å². The quantitative estimate of drug-likeness (QED) is 0.342. The van der Waals surface area contributed by atoms with Gasteiger partial charge in [0.1, 0.15) is 0 Å². The molecule has 0 aromatic heterocycles. The van der Waals surface area contributed by atoms with Crippen LogP contribution >= 0.6 is 10.8 Å². The zero-order valence-electron chi connectivity index (χ0n) is 10.6. The Morgan fingerprint density at radius 1 is 1.00 bits per heavy atom. The van der Waals surface area contributed by atoms with Gasteiger partial charge in [0.25, 0.3) is 0 Å². The van der Waals surface area contributed by atoms with E-state index in [1.54, 1.807) is 6.08 Å². The molecule has 0 saturated heterocycles. The lowest BCUT2D eigenvalue weighted by atomic mass is 10.1. The summed E-state index contributed by atoms with van der Waals surface area (Å²) in [5.41, 5.74) is 0. The molecule has 0 spiro atoms. The second-order valence-corrected chi connectivity index (χ2v) is 7.32. The second-order valence-electron chi connectivity index (χ2n) is 4.16. The standard InChI is InChI=1S/C12H24O3S2/c1-2-3-4-5-6-7-8-9-10-11-12-16-17(13,14)15/h11-12H,2-10H2,1H3,(H,13,14,15)/b12-11+. The van der Waals surface area contributed by atoms with Gasteiger partial charge in [0.15, 0.2) is 0 Å². The van der Waals surface area contributed by atoms with Gasteiger partial charge in [-0.3, -0.25) is 4.55 Å². The summed E-state index contributed by atoms with van der Waals surface area (Å²) in [5, 5.41) is 1.44. The zero-order valence-corrected chi connectivity index (χ0v) is 12.2. The summed E-state index contributed by atoms with van der Waals surface area (Å²) in [6.07, 6.45) is 12.9. The Balaban J connectivity index is 3.18. The highest BCUT2D eigenvalue weighted by Crippen LogP contribution is 2.13. The number of hydrogen-bond donors (Lipinski definition) is 1. The number of hydrogen-bond acceptors (Lipinski definition) is 3. The molecule has 0 rings (SSSR count). The fourth-order valence-corrected chi connectivity index (χ4v) is 2.59. The first-order valence-electron chi connectivity index (χ1n) is 6.37. The lowest BCUT2D eigenvalue weighted by Crippen LogP contribution is -1.85. The van der Waals surface area contributed by atoms with Crippen LogP contribution in [-0.2, 0) is 9.15 Å². The first kappa shape index (κ1) is 17.0. The van der Waals surface area contributed by atoms with Gasteiger partial charge in [0, 0.05) is 10.8 Å². The molecular weight excluding hydrogens is 256 g/mol. The van der Waals surface area contributed by atoms with Crippen molar-refractivity contribution in [2.75, 3.05) is 0 Å². The first-order chi connectivity index (χ1) is 8.06. The summed E-state index contributed by atoms with van der Waals surface area (Å²) >= 11 is 0. The lowest BCUT2D eigenvalue weighted by Gasteiger charge is -1.99. The van der Waals surface area contributed by atoms with Crippen LogP contribution < -0.4 is 0 Å². The highest BCUT2D eigenvalue weighted by atomic mass is 33.1. The van der Waals surface area contributed by atoms with Crippen LogP contribution in [-0.4, -0.2) is 13.0 Å². The molecule has 0 atom stereocenters. The summed E-state index contributed by atoms with van der Waals surface area (Å²) in [6, 6.07) is 0. The van der Waals surface area contributed by atoms with Gasteiger partial charge in [-0.25, -0.2) is 0 Å². The maximum Gasteiger partial charge on any atom is 0.323 e. The molecule has 3 nitrogen and oxygen atoms in total. The molecule has 1 N–H and O–H groups in total. The fourth-order valence-electron chi connectivity index (χ4n) is 1.57. The maximum absolute atomic E-state index is 10.4. The number of rotatable bonds is 11. The second kappa shape index (κ2) is 11.1. The molecule has 0 saturated carbocycles. The van der Waals surface area contributed by atoms with E-state index < -0.39 is 9.15 Å². The van der Waals surface area contributed by atoms with E-state index in [0.717, 1.165) is 12.8 Å². The van der Waals surface area contributed by atoms with E-state index in [9.17, 15) is 8.42 Å². The van der Waals surface area contributed by atoms with Gasteiger partial charge in [-0.2, -0.15) is 8.42 Å². The van der Waals surface area contributed by atoms with Gasteiger partial charge in [-0.1, -0.05) is 57.9 Å². The molecule has 0 aliphatic carbocycles. The fraction of sp³-hybridized carbons (Fsp3) is 0.833. The molecule has 0 radical (unpaired) electrons. The molecule has 0 fully saturated rings. The predicted octanol–water partition coefficient (Wildman–Crippen LogP) is 4.57. The Kier molecular flexibility index (Phi) is 11.1. The van der Waals surface area contributed by atoms with Crippen LogP contribution in [0.2, 0.25) is 0 Å². The van der Waals surface area contributed by atoms with Crippen LogP contribution in [0.5, 0.6) is 0 Å². The Hall–Kier alpha value is -0.0000000000000000763. The Bertz CT molecular complexity index is 284. The van der Waals surface area contributed by atoms with E-state index in [0.29, 0.717) is 10.8 Å². The van der Waals surface area contributed by atoms with Gasteiger partial charge in [-0.15, -0.1) is 0 Å². The Labute approximate surface area is 109 Å². The van der Waals surface area contributed by atoms with E-state index in [1.807, 2.05) is 0 Å². The molecule has 0 unspecified atom stereocenters. The molecule has 102 valence electrons. The third kappa shape index (κ3) is 16.0. The van der Waals surface area contributed by atoms with Gasteiger partial charge >= 0.3 is 9.15 Å². The molecule has 0 aromatic rings. The van der Waals surface area contributed by atoms with Crippen molar-refractivity contribution in [2.24, 2.45) is 0 Å². The molecular formula is C12H24O3S2. The summed E-state index contributed by atoms with van der Waals surface area (Å²) in [5.74, 6) is 0. The predicted molar refractivity (Wildman–Crippen MR) is 75.5 cm³/mol. The normalized spacial score (nSPS) is 12.4. The maximum atomic E-state index is 10.4. The van der Waals surface area contributed by atoms with Crippen molar-refractivity contribution < 1.29 is 13.0 Å². The topological polar surface area (TPSA) is 54.4 Å². The Morgan fingerprint density at radius 2 is 1.53 bits per heavy atom. The summed E-state index contributed by atoms with van der Waals surface area (Å²) in [7, 11) is -3.45. The van der Waals surface area contributed by atoms with Gasteiger partial charge in [0.05, 0.1) is 0 Å². The monoisotopic (exact) mass is 280 g/mol. The van der Waals surface area contributed by atoms with Gasteiger partial charge in [-0.05, 0) is 18.2 Å². The van der Waals surface area contributed by atoms with Crippen molar-refractivity contribution in [1.29, 1.82) is 0 Å². The van der Waals surface area contributed by atoms with E-state index in [1.165, 1.54) is 50.4 Å². The average molecular weight is 280 g/mol. The molecule has 0 aliphatic rings. The summed E-state index contributed by atoms with van der Waals surface area (Å²) < 4.78 is 29.2. The SMILES string of the molecule is CCCCCCCCCC/C=C/SS(=O)(=O)O. The van der Waals surface area contributed by atoms with Crippen molar-refractivity contribution >= 4 is 19.9 Å². The van der Waals surface area contributed by atoms with Gasteiger partial charge < -0.3 is 0 Å². The van der Waals surface area contributed by atoms with Crippen molar-refractivity contribution in [1.82, 2.24) is 0 Å². The Morgan fingerprint density at radius 3 is 2.06 bits per heavy atom. The third-order valence-corrected chi connectivity index (χ3v) is 4.11. The van der Waals surface area contributed by atoms with Crippen molar-refractivity contribution in [3.8, 4) is 0 Å². The van der Waals surface area contributed by atoms with Crippen molar-refractivity contribution in [3.05, 3.63) is 11.5 Å². The highest BCUT2D eigenvalue weighted by molar-refractivity contribution is 8.71. The number of allylic oxidation sites excluding steroid dienone is 1. The van der Waals surface area contributed by atoms with Crippen LogP contribution in [0, 0.1) is 0 Å². The summed E-state index contributed by atoms with van der Waals surface area (Å²) in [4.78, 5) is 0. The zero-order chi connectivity index (χ0) is 13.0. The lowest BCUT2D eigenvalue weighted by molar-refractivity contribution is 0.503. The summed E-state index contributed by atoms with van der Waals surface area (Å²) in [6.45, 7) is 2.22. The minimum absolute atomic E-state index is 0.458. The molecule has 17 heavy (non-hydrogen) atoms. The van der Waals surface area contributed by atoms with E-state index >= 15 is 0 Å². The number of unbranched alkanes of at least 4 members (excludes halogenated alkanes) is 8. The van der Waals surface area contributed by atoms with Gasteiger partial charge in [0.2, 0.25) is 0 Å². The molecule has 0 aromatic carbocycles. The molecule has 0 amide bonds. The van der Waals surface area contributed by atoms with E-state index in [-0.39, 0.29) is 0 Å². The minimum Gasteiger partial charge on any atom is -0.277 e. The molecule has 0 aliphatic heterocycles. The van der Waals surface area contributed by atoms with E-state index in [4.69, 9.17) is 4.55 Å². The third-order valence-electron chi connectivity index (χ3n) is 2.50. The van der Waals surface area contributed by atoms with Crippen LogP contribution in [0.15, 0.2) is 11.5 Å². The molecule has 0 heterocycles. The molecule has 0 bridgehead atoms. The van der Waals surface area contributed by atoms with Crippen molar-refractivity contribution in [2.45, 2.75) is 64.7 Å². The highest BCUT2D eigenvalue weighted by Gasteiger charge is 1.99. The largest absolute Gasteiger partial charge is 0.323 e. The minimum atomic E-state index is -3.90.